The van der Waals surface area contributed by atoms with Crippen molar-refractivity contribution in [2.45, 2.75) is 31.6 Å². The molecule has 3 aromatic rings. The van der Waals surface area contributed by atoms with Crippen LogP contribution in [0.5, 0.6) is 11.5 Å². The van der Waals surface area contributed by atoms with Crippen LogP contribution in [0.15, 0.2) is 54.6 Å². The molecule has 1 saturated heterocycles. The van der Waals surface area contributed by atoms with Crippen LogP contribution in [0.2, 0.25) is 0 Å². The van der Waals surface area contributed by atoms with E-state index in [1.54, 1.807) is 12.1 Å². The van der Waals surface area contributed by atoms with Crippen LogP contribution in [0.1, 0.15) is 36.3 Å². The molecule has 1 atom stereocenters. The molecule has 6 heteroatoms. The van der Waals surface area contributed by atoms with E-state index in [2.05, 4.69) is 22.4 Å². The van der Waals surface area contributed by atoms with Crippen LogP contribution in [0, 0.1) is 0 Å². The minimum Gasteiger partial charge on any atom is -0.507 e. The molecule has 0 spiro atoms. The molecule has 31 heavy (non-hydrogen) atoms. The van der Waals surface area contributed by atoms with E-state index in [1.165, 1.54) is 5.56 Å². The Labute approximate surface area is 183 Å². The first-order valence-corrected chi connectivity index (χ1v) is 10.9. The van der Waals surface area contributed by atoms with Gasteiger partial charge in [-0.15, -0.1) is 0 Å². The van der Waals surface area contributed by atoms with Crippen LogP contribution < -0.4 is 21.5 Å². The quantitative estimate of drug-likeness (QED) is 0.431. The average molecular weight is 419 g/mol. The van der Waals surface area contributed by atoms with E-state index < -0.39 is 0 Å². The van der Waals surface area contributed by atoms with Crippen LogP contribution >= 0.6 is 0 Å². The molecule has 2 heterocycles. The summed E-state index contributed by atoms with van der Waals surface area (Å²) in [5, 5.41) is 14.1. The van der Waals surface area contributed by atoms with E-state index in [0.717, 1.165) is 44.3 Å². The highest BCUT2D eigenvalue weighted by Crippen LogP contribution is 2.40. The molecule has 1 aliphatic rings. The molecule has 4 rings (SSSR count). The SMILES string of the molecule is Nc1nc(-c2c(O)cccc2OCCCc2ccccc2)cc(C2CCCNC2)c1N. The summed E-state index contributed by atoms with van der Waals surface area (Å²) < 4.78 is 6.07. The van der Waals surface area contributed by atoms with Crippen molar-refractivity contribution in [2.24, 2.45) is 0 Å². The molecule has 1 aromatic heterocycles. The molecule has 2 aromatic carbocycles. The highest BCUT2D eigenvalue weighted by molar-refractivity contribution is 5.78. The van der Waals surface area contributed by atoms with Crippen molar-refractivity contribution in [3.05, 3.63) is 65.7 Å². The number of hydrogen-bond donors (Lipinski definition) is 4. The smallest absolute Gasteiger partial charge is 0.147 e. The Morgan fingerprint density at radius 3 is 2.71 bits per heavy atom. The highest BCUT2D eigenvalue weighted by atomic mass is 16.5. The molecule has 0 bridgehead atoms. The van der Waals surface area contributed by atoms with Crippen molar-refractivity contribution >= 4 is 11.5 Å². The van der Waals surface area contributed by atoms with Gasteiger partial charge in [0.15, 0.2) is 0 Å². The molecular weight excluding hydrogens is 388 g/mol. The Bertz CT molecular complexity index is 1020. The van der Waals surface area contributed by atoms with Crippen LogP contribution in [-0.2, 0) is 6.42 Å². The Kier molecular flexibility index (Phi) is 6.57. The number of aryl methyl sites for hydroxylation is 1. The number of nitrogens with two attached hydrogens (primary N) is 2. The lowest BCUT2D eigenvalue weighted by Gasteiger charge is -2.25. The third-order valence-electron chi connectivity index (χ3n) is 5.83. The van der Waals surface area contributed by atoms with E-state index in [4.69, 9.17) is 16.2 Å². The zero-order valence-corrected chi connectivity index (χ0v) is 17.7. The maximum Gasteiger partial charge on any atom is 0.147 e. The first-order valence-electron chi connectivity index (χ1n) is 10.9. The van der Waals surface area contributed by atoms with Crippen molar-refractivity contribution in [3.8, 4) is 22.8 Å². The van der Waals surface area contributed by atoms with E-state index in [9.17, 15) is 5.11 Å². The second kappa shape index (κ2) is 9.71. The predicted octanol–water partition coefficient (Wildman–Crippen LogP) is 4.10. The summed E-state index contributed by atoms with van der Waals surface area (Å²) in [6.45, 7) is 2.41. The Morgan fingerprint density at radius 1 is 1.10 bits per heavy atom. The van der Waals surface area contributed by atoms with E-state index in [-0.39, 0.29) is 17.5 Å². The number of phenolic OH excluding ortho intramolecular Hbond substituents is 1. The normalized spacial score (nSPS) is 16.2. The van der Waals surface area contributed by atoms with Gasteiger partial charge in [-0.3, -0.25) is 0 Å². The molecule has 1 fully saturated rings. The fraction of sp³-hybridized carbons (Fsp3) is 0.320. The standard InChI is InChI=1S/C25H30N4O2/c26-24-19(18-10-5-13-28-16-18)15-20(29-25(24)27)23-21(30)11-4-12-22(23)31-14-6-9-17-7-2-1-3-8-17/h1-4,7-8,11-12,15,18,28,30H,5-6,9-10,13-14,16,26H2,(H2,27,29). The van der Waals surface area contributed by atoms with Crippen LogP contribution in [-0.4, -0.2) is 29.8 Å². The summed E-state index contributed by atoms with van der Waals surface area (Å²) in [4.78, 5) is 4.49. The summed E-state index contributed by atoms with van der Waals surface area (Å²) in [6.07, 6.45) is 3.94. The fourth-order valence-electron chi connectivity index (χ4n) is 4.18. The van der Waals surface area contributed by atoms with Crippen molar-refractivity contribution in [1.82, 2.24) is 10.3 Å². The molecular formula is C25H30N4O2. The number of pyridine rings is 1. The van der Waals surface area contributed by atoms with Crippen molar-refractivity contribution < 1.29 is 9.84 Å². The molecule has 0 radical (unpaired) electrons. The molecule has 1 unspecified atom stereocenters. The third kappa shape index (κ3) is 4.91. The zero-order chi connectivity index (χ0) is 21.6. The number of hydrogen-bond acceptors (Lipinski definition) is 6. The van der Waals surface area contributed by atoms with Gasteiger partial charge in [0, 0.05) is 6.54 Å². The number of ether oxygens (including phenoxy) is 1. The number of aromatic nitrogens is 1. The minimum atomic E-state index is 0.116. The van der Waals surface area contributed by atoms with E-state index in [0.29, 0.717) is 29.3 Å². The first kappa shape index (κ1) is 21.0. The van der Waals surface area contributed by atoms with Gasteiger partial charge in [-0.2, -0.15) is 0 Å². The van der Waals surface area contributed by atoms with Gasteiger partial charge in [-0.25, -0.2) is 4.98 Å². The zero-order valence-electron chi connectivity index (χ0n) is 17.7. The third-order valence-corrected chi connectivity index (χ3v) is 5.83. The number of piperidine rings is 1. The summed E-state index contributed by atoms with van der Waals surface area (Å²) >= 11 is 0. The lowest BCUT2D eigenvalue weighted by molar-refractivity contribution is 0.310. The number of rotatable bonds is 7. The number of phenols is 1. The Balaban J connectivity index is 1.57. The second-order valence-corrected chi connectivity index (χ2v) is 8.03. The Morgan fingerprint density at radius 2 is 1.94 bits per heavy atom. The van der Waals surface area contributed by atoms with Gasteiger partial charge in [0.2, 0.25) is 0 Å². The summed E-state index contributed by atoms with van der Waals surface area (Å²) in [5.74, 6) is 1.28. The predicted molar refractivity (Wildman–Crippen MR) is 125 cm³/mol. The summed E-state index contributed by atoms with van der Waals surface area (Å²) in [6, 6.07) is 17.6. The molecule has 0 aliphatic carbocycles. The van der Waals surface area contributed by atoms with Crippen molar-refractivity contribution in [2.75, 3.05) is 31.2 Å². The van der Waals surface area contributed by atoms with Crippen molar-refractivity contribution in [3.63, 3.8) is 0 Å². The monoisotopic (exact) mass is 418 g/mol. The largest absolute Gasteiger partial charge is 0.507 e. The van der Waals surface area contributed by atoms with Crippen LogP contribution in [0.3, 0.4) is 0 Å². The lowest BCUT2D eigenvalue weighted by atomic mass is 9.89. The van der Waals surface area contributed by atoms with Gasteiger partial charge in [0.25, 0.3) is 0 Å². The molecule has 6 N–H and O–H groups in total. The Hall–Kier alpha value is -3.25. The van der Waals surface area contributed by atoms with Gasteiger partial charge in [-0.1, -0.05) is 36.4 Å². The topological polar surface area (TPSA) is 106 Å². The minimum absolute atomic E-state index is 0.116. The molecule has 0 saturated carbocycles. The van der Waals surface area contributed by atoms with Crippen LogP contribution in [0.25, 0.3) is 11.3 Å². The van der Waals surface area contributed by atoms with Gasteiger partial charge < -0.3 is 26.6 Å². The number of nitrogens with zero attached hydrogens (tertiary/aromatic N) is 1. The molecule has 0 amide bonds. The van der Waals surface area contributed by atoms with Gasteiger partial charge in [-0.05, 0) is 67.5 Å². The maximum absolute atomic E-state index is 10.6. The first-order chi connectivity index (χ1) is 15.1. The molecule has 6 nitrogen and oxygen atoms in total. The van der Waals surface area contributed by atoms with E-state index in [1.807, 2.05) is 30.3 Å². The van der Waals surface area contributed by atoms with Crippen LogP contribution in [0.4, 0.5) is 11.5 Å². The summed E-state index contributed by atoms with van der Waals surface area (Å²) in [7, 11) is 0. The van der Waals surface area contributed by atoms with E-state index >= 15 is 0 Å². The van der Waals surface area contributed by atoms with Gasteiger partial charge in [0.1, 0.15) is 17.3 Å². The number of anilines is 2. The highest BCUT2D eigenvalue weighted by Gasteiger charge is 2.22. The average Bonchev–Trinajstić information content (AvgIpc) is 2.80. The molecule has 1 aliphatic heterocycles. The second-order valence-electron chi connectivity index (χ2n) is 8.03. The number of benzene rings is 2. The molecule has 162 valence electrons. The number of nitrogens with one attached hydrogen (secondary N) is 1. The maximum atomic E-state index is 10.6. The number of nitrogen functional groups attached to an aromatic ring is 2. The number of aromatic hydroxyl groups is 1. The summed E-state index contributed by atoms with van der Waals surface area (Å²) in [5.41, 5.74) is 16.4. The fourth-order valence-corrected chi connectivity index (χ4v) is 4.18. The van der Waals surface area contributed by atoms with Gasteiger partial charge in [0.05, 0.1) is 23.6 Å². The lowest BCUT2D eigenvalue weighted by Crippen LogP contribution is -2.29. The van der Waals surface area contributed by atoms with Gasteiger partial charge >= 0.3 is 0 Å². The van der Waals surface area contributed by atoms with Crippen molar-refractivity contribution in [1.29, 1.82) is 0 Å².